The van der Waals surface area contributed by atoms with Crippen molar-refractivity contribution in [2.24, 2.45) is 4.99 Å². The lowest BCUT2D eigenvalue weighted by Gasteiger charge is -2.28. The van der Waals surface area contributed by atoms with Gasteiger partial charge in [-0.3, -0.25) is 4.99 Å². The summed E-state index contributed by atoms with van der Waals surface area (Å²) in [6.45, 7) is 8.48. The summed E-state index contributed by atoms with van der Waals surface area (Å²) >= 11 is 6.92. The van der Waals surface area contributed by atoms with Crippen LogP contribution in [0.4, 0.5) is 0 Å². The fourth-order valence-corrected chi connectivity index (χ4v) is 2.61. The van der Waals surface area contributed by atoms with E-state index in [0.29, 0.717) is 6.04 Å². The summed E-state index contributed by atoms with van der Waals surface area (Å²) in [4.78, 5) is 4.35. The van der Waals surface area contributed by atoms with Gasteiger partial charge in [-0.15, -0.1) is 11.6 Å². The van der Waals surface area contributed by atoms with Gasteiger partial charge < -0.3 is 0 Å². The molecule has 1 aromatic rings. The molecular weight excluding hydrogens is 254 g/mol. The van der Waals surface area contributed by atoms with Gasteiger partial charge in [0.15, 0.2) is 0 Å². The predicted octanol–water partition coefficient (Wildman–Crippen LogP) is 5.27. The molecular formula is C17H26ClN. The number of nitrogens with zero attached hydrogens (tertiary/aromatic N) is 1. The average Bonchev–Trinajstić information content (AvgIpc) is 2.37. The van der Waals surface area contributed by atoms with Crippen LogP contribution in [0.3, 0.4) is 0 Å². The van der Waals surface area contributed by atoms with Gasteiger partial charge in [0.25, 0.3) is 0 Å². The first-order chi connectivity index (χ1) is 8.98. The maximum absolute atomic E-state index is 6.92. The molecule has 0 aliphatic rings. The van der Waals surface area contributed by atoms with Crippen molar-refractivity contribution < 1.29 is 0 Å². The van der Waals surface area contributed by atoms with Crippen LogP contribution >= 0.6 is 11.6 Å². The third-order valence-electron chi connectivity index (χ3n) is 3.35. The first-order valence-corrected chi connectivity index (χ1v) is 7.63. The summed E-state index contributed by atoms with van der Waals surface area (Å²) in [7, 11) is 0. The second-order valence-corrected chi connectivity index (χ2v) is 6.26. The molecule has 1 unspecified atom stereocenters. The highest BCUT2D eigenvalue weighted by Crippen LogP contribution is 2.29. The lowest BCUT2D eigenvalue weighted by molar-refractivity contribution is 0.603. The molecule has 1 rings (SSSR count). The second kappa shape index (κ2) is 7.69. The van der Waals surface area contributed by atoms with E-state index in [-0.39, 0.29) is 4.87 Å². The van der Waals surface area contributed by atoms with Crippen LogP contribution in [-0.2, 0) is 6.42 Å². The number of benzene rings is 1. The Balaban J connectivity index is 2.92. The van der Waals surface area contributed by atoms with E-state index >= 15 is 0 Å². The van der Waals surface area contributed by atoms with Gasteiger partial charge in [0.2, 0.25) is 0 Å². The fraction of sp³-hybridized carbons (Fsp3) is 0.588. The van der Waals surface area contributed by atoms with Crippen LogP contribution in [0.5, 0.6) is 0 Å². The number of unbranched alkanes of at least 4 members (excludes halogenated alkanes) is 1. The molecule has 1 atom stereocenters. The number of hydrogen-bond donors (Lipinski definition) is 0. The number of halogens is 1. The molecule has 106 valence electrons. The van der Waals surface area contributed by atoms with E-state index in [1.807, 2.05) is 6.07 Å². The molecule has 0 aliphatic heterocycles. The molecule has 2 heteroatoms. The van der Waals surface area contributed by atoms with Crippen molar-refractivity contribution in [3.8, 4) is 0 Å². The van der Waals surface area contributed by atoms with Crippen molar-refractivity contribution in [1.82, 2.24) is 0 Å². The van der Waals surface area contributed by atoms with Crippen LogP contribution in [0.1, 0.15) is 52.5 Å². The summed E-state index contributed by atoms with van der Waals surface area (Å²) in [5.74, 6) is 0. The summed E-state index contributed by atoms with van der Waals surface area (Å²) < 4.78 is 0. The Hall–Kier alpha value is -0.820. The fourth-order valence-electron chi connectivity index (χ4n) is 2.28. The molecule has 1 nitrogen and oxygen atoms in total. The third-order valence-corrected chi connectivity index (χ3v) is 3.95. The second-order valence-electron chi connectivity index (χ2n) is 5.54. The zero-order valence-electron chi connectivity index (χ0n) is 12.6. The zero-order chi connectivity index (χ0) is 14.3. The highest BCUT2D eigenvalue weighted by atomic mass is 35.5. The van der Waals surface area contributed by atoms with Gasteiger partial charge >= 0.3 is 0 Å². The molecule has 1 aromatic carbocycles. The summed E-state index contributed by atoms with van der Waals surface area (Å²) in [5, 5.41) is 0. The largest absolute Gasteiger partial charge is 0.290 e. The van der Waals surface area contributed by atoms with E-state index in [1.165, 1.54) is 5.56 Å². The van der Waals surface area contributed by atoms with Crippen LogP contribution in [0.2, 0.25) is 0 Å². The van der Waals surface area contributed by atoms with Gasteiger partial charge in [-0.25, -0.2) is 0 Å². The SMILES string of the molecule is CCCCC(Cl)(Cc1ccccc1)C(C)=NC(C)C. The zero-order valence-corrected chi connectivity index (χ0v) is 13.4. The van der Waals surface area contributed by atoms with Crippen LogP contribution in [0.25, 0.3) is 0 Å². The molecule has 0 radical (unpaired) electrons. The first-order valence-electron chi connectivity index (χ1n) is 7.25. The summed E-state index contributed by atoms with van der Waals surface area (Å²) in [6.07, 6.45) is 4.15. The first kappa shape index (κ1) is 16.2. The Labute approximate surface area is 123 Å². The molecule has 0 aromatic heterocycles. The number of rotatable bonds is 7. The van der Waals surface area contributed by atoms with E-state index < -0.39 is 0 Å². The minimum atomic E-state index is -0.332. The Kier molecular flexibility index (Phi) is 6.57. The average molecular weight is 280 g/mol. The van der Waals surface area contributed by atoms with Crippen molar-refractivity contribution in [2.45, 2.75) is 64.3 Å². The molecule has 0 saturated heterocycles. The Morgan fingerprint density at radius 2 is 1.89 bits per heavy atom. The molecule has 19 heavy (non-hydrogen) atoms. The lowest BCUT2D eigenvalue weighted by atomic mass is 9.89. The molecule has 0 heterocycles. The number of hydrogen-bond acceptors (Lipinski definition) is 1. The van der Waals surface area contributed by atoms with Gasteiger partial charge in [-0.05, 0) is 39.2 Å². The third kappa shape index (κ3) is 5.36. The topological polar surface area (TPSA) is 12.4 Å². The Morgan fingerprint density at radius 3 is 2.42 bits per heavy atom. The smallest absolute Gasteiger partial charge is 0.0859 e. The minimum Gasteiger partial charge on any atom is -0.290 e. The minimum absolute atomic E-state index is 0.301. The van der Waals surface area contributed by atoms with Gasteiger partial charge in [0.05, 0.1) is 4.87 Å². The van der Waals surface area contributed by atoms with E-state index in [4.69, 9.17) is 11.6 Å². The Bertz CT molecular complexity index is 397. The molecule has 0 spiro atoms. The van der Waals surface area contributed by atoms with Crippen LogP contribution in [-0.4, -0.2) is 16.6 Å². The van der Waals surface area contributed by atoms with E-state index in [9.17, 15) is 0 Å². The maximum atomic E-state index is 6.92. The Morgan fingerprint density at radius 1 is 1.26 bits per heavy atom. The van der Waals surface area contributed by atoms with Crippen LogP contribution < -0.4 is 0 Å². The lowest BCUT2D eigenvalue weighted by Crippen LogP contribution is -2.34. The van der Waals surface area contributed by atoms with Crippen molar-refractivity contribution in [2.75, 3.05) is 0 Å². The number of alkyl halides is 1. The van der Waals surface area contributed by atoms with E-state index in [2.05, 4.69) is 57.0 Å². The quantitative estimate of drug-likeness (QED) is 0.476. The van der Waals surface area contributed by atoms with Gasteiger partial charge in [0.1, 0.15) is 0 Å². The molecule has 0 amide bonds. The van der Waals surface area contributed by atoms with Crippen LogP contribution in [0, 0.1) is 0 Å². The van der Waals surface area contributed by atoms with Crippen molar-refractivity contribution >= 4 is 17.3 Å². The van der Waals surface area contributed by atoms with E-state index in [0.717, 1.165) is 31.4 Å². The predicted molar refractivity (Wildman–Crippen MR) is 86.5 cm³/mol. The van der Waals surface area contributed by atoms with Crippen LogP contribution in [0.15, 0.2) is 35.3 Å². The molecule has 0 fully saturated rings. The van der Waals surface area contributed by atoms with Gasteiger partial charge in [0, 0.05) is 11.8 Å². The molecule has 0 saturated carbocycles. The standard InChI is InChI=1S/C17H26ClN/c1-5-6-12-17(18,15(4)19-14(2)3)13-16-10-8-7-9-11-16/h7-11,14H,5-6,12-13H2,1-4H3. The highest BCUT2D eigenvalue weighted by Gasteiger charge is 2.30. The number of aliphatic imine (C=N–C) groups is 1. The van der Waals surface area contributed by atoms with Crippen molar-refractivity contribution in [1.29, 1.82) is 0 Å². The van der Waals surface area contributed by atoms with Crippen molar-refractivity contribution in [3.05, 3.63) is 35.9 Å². The highest BCUT2D eigenvalue weighted by molar-refractivity contribution is 6.36. The van der Waals surface area contributed by atoms with Gasteiger partial charge in [-0.1, -0.05) is 50.1 Å². The normalized spacial score (nSPS) is 15.6. The molecule has 0 bridgehead atoms. The van der Waals surface area contributed by atoms with E-state index in [1.54, 1.807) is 0 Å². The summed E-state index contributed by atoms with van der Waals surface area (Å²) in [6, 6.07) is 10.8. The van der Waals surface area contributed by atoms with Crippen molar-refractivity contribution in [3.63, 3.8) is 0 Å². The molecule has 0 N–H and O–H groups in total. The monoisotopic (exact) mass is 279 g/mol. The summed E-state index contributed by atoms with van der Waals surface area (Å²) in [5.41, 5.74) is 2.35. The molecule has 0 aliphatic carbocycles. The van der Waals surface area contributed by atoms with Gasteiger partial charge in [-0.2, -0.15) is 0 Å². The maximum Gasteiger partial charge on any atom is 0.0859 e.